The minimum atomic E-state index is -3.67. The Kier molecular flexibility index (Phi) is 4.99. The molecule has 0 fully saturated rings. The largest absolute Gasteiger partial charge is 0.478 e. The fourth-order valence-corrected chi connectivity index (χ4v) is 2.16. The van der Waals surface area contributed by atoms with Crippen LogP contribution >= 0.6 is 0 Å². The van der Waals surface area contributed by atoms with Crippen LogP contribution in [-0.2, 0) is 10.0 Å². The van der Waals surface area contributed by atoms with Gasteiger partial charge >= 0.3 is 5.97 Å². The highest BCUT2D eigenvalue weighted by Gasteiger charge is 2.15. The van der Waals surface area contributed by atoms with Gasteiger partial charge in [-0.2, -0.15) is 0 Å². The molecule has 0 radical (unpaired) electrons. The Morgan fingerprint density at radius 1 is 1.50 bits per heavy atom. The van der Waals surface area contributed by atoms with Crippen LogP contribution in [0.1, 0.15) is 23.7 Å². The number of allylic oxidation sites excluding steroid dienone is 1. The first-order valence-corrected chi connectivity index (χ1v) is 6.76. The molecule has 0 atom stereocenters. The van der Waals surface area contributed by atoms with E-state index in [2.05, 4.69) is 9.71 Å². The van der Waals surface area contributed by atoms with E-state index in [9.17, 15) is 13.2 Å². The summed E-state index contributed by atoms with van der Waals surface area (Å²) in [5.74, 6) is -1.15. The third-order valence-electron chi connectivity index (χ3n) is 2.10. The molecule has 0 saturated heterocycles. The zero-order chi connectivity index (χ0) is 13.6. The van der Waals surface area contributed by atoms with Crippen LogP contribution in [0.5, 0.6) is 0 Å². The van der Waals surface area contributed by atoms with Crippen molar-refractivity contribution in [3.05, 3.63) is 36.0 Å². The van der Waals surface area contributed by atoms with Crippen molar-refractivity contribution in [2.75, 3.05) is 6.54 Å². The van der Waals surface area contributed by atoms with E-state index < -0.39 is 16.0 Å². The first kappa shape index (κ1) is 14.3. The quantitative estimate of drug-likeness (QED) is 0.594. The van der Waals surface area contributed by atoms with E-state index in [-0.39, 0.29) is 17.1 Å². The summed E-state index contributed by atoms with van der Waals surface area (Å²) in [4.78, 5) is 14.2. The van der Waals surface area contributed by atoms with E-state index in [4.69, 9.17) is 5.11 Å². The van der Waals surface area contributed by atoms with Crippen LogP contribution in [0.15, 0.2) is 35.5 Å². The molecule has 18 heavy (non-hydrogen) atoms. The Bertz CT molecular complexity index is 535. The molecule has 0 saturated carbocycles. The lowest BCUT2D eigenvalue weighted by atomic mass is 10.3. The number of nitrogens with zero attached hydrogens (tertiary/aromatic N) is 1. The van der Waals surface area contributed by atoms with Crippen LogP contribution in [0.25, 0.3) is 0 Å². The summed E-state index contributed by atoms with van der Waals surface area (Å²) in [5, 5.41) is 8.48. The molecule has 1 aromatic heterocycles. The summed E-state index contributed by atoms with van der Waals surface area (Å²) < 4.78 is 25.8. The summed E-state index contributed by atoms with van der Waals surface area (Å²) in [7, 11) is -3.67. The molecule has 0 aliphatic carbocycles. The highest BCUT2D eigenvalue weighted by molar-refractivity contribution is 7.89. The summed E-state index contributed by atoms with van der Waals surface area (Å²) in [6.45, 7) is 2.12. The predicted octanol–water partition coefficient (Wildman–Crippen LogP) is 1.02. The number of carboxylic acids is 1. The molecule has 0 aliphatic heterocycles. The number of aromatic nitrogens is 1. The van der Waals surface area contributed by atoms with Crippen molar-refractivity contribution in [3.63, 3.8) is 0 Å². The Morgan fingerprint density at radius 2 is 2.22 bits per heavy atom. The van der Waals surface area contributed by atoms with Gasteiger partial charge in [0, 0.05) is 12.7 Å². The second kappa shape index (κ2) is 6.27. The topological polar surface area (TPSA) is 96.4 Å². The lowest BCUT2D eigenvalue weighted by Gasteiger charge is -2.04. The van der Waals surface area contributed by atoms with E-state index in [0.29, 0.717) is 6.42 Å². The Balaban J connectivity index is 2.76. The number of sulfonamides is 1. The molecule has 1 heterocycles. The molecular weight excluding hydrogens is 256 g/mol. The van der Waals surface area contributed by atoms with Crippen molar-refractivity contribution in [3.8, 4) is 0 Å². The maximum Gasteiger partial charge on any atom is 0.337 e. The van der Waals surface area contributed by atoms with Gasteiger partial charge in [-0.05, 0) is 25.5 Å². The van der Waals surface area contributed by atoms with Gasteiger partial charge in [-0.25, -0.2) is 22.9 Å². The minimum Gasteiger partial charge on any atom is -0.478 e. The molecule has 1 aromatic rings. The number of hydrogen-bond donors (Lipinski definition) is 2. The van der Waals surface area contributed by atoms with Gasteiger partial charge in [-0.1, -0.05) is 12.2 Å². The first-order valence-electron chi connectivity index (χ1n) is 5.27. The van der Waals surface area contributed by atoms with Crippen LogP contribution in [0.2, 0.25) is 0 Å². The van der Waals surface area contributed by atoms with Crippen molar-refractivity contribution < 1.29 is 18.3 Å². The van der Waals surface area contributed by atoms with E-state index >= 15 is 0 Å². The number of pyridine rings is 1. The highest BCUT2D eigenvalue weighted by atomic mass is 32.2. The zero-order valence-corrected chi connectivity index (χ0v) is 10.6. The van der Waals surface area contributed by atoms with Crippen molar-refractivity contribution in [1.82, 2.24) is 9.71 Å². The van der Waals surface area contributed by atoms with Crippen molar-refractivity contribution in [1.29, 1.82) is 0 Å². The SMILES string of the molecule is C/C=C/CCNS(=O)(=O)c1ccc(C(=O)O)cn1. The van der Waals surface area contributed by atoms with E-state index in [1.54, 1.807) is 0 Å². The molecule has 0 aliphatic rings. The second-order valence-electron chi connectivity index (χ2n) is 3.45. The predicted molar refractivity (Wildman–Crippen MR) is 65.8 cm³/mol. The number of nitrogens with one attached hydrogen (secondary N) is 1. The highest BCUT2D eigenvalue weighted by Crippen LogP contribution is 2.06. The molecule has 2 N–H and O–H groups in total. The Hall–Kier alpha value is -1.73. The van der Waals surface area contributed by atoms with Crippen molar-refractivity contribution in [2.24, 2.45) is 0 Å². The molecule has 98 valence electrons. The molecule has 1 rings (SSSR count). The van der Waals surface area contributed by atoms with Crippen LogP contribution < -0.4 is 4.72 Å². The molecule has 7 heteroatoms. The lowest BCUT2D eigenvalue weighted by Crippen LogP contribution is -2.25. The maximum absolute atomic E-state index is 11.7. The third kappa shape index (κ3) is 3.94. The number of aromatic carboxylic acids is 1. The van der Waals surface area contributed by atoms with Crippen LogP contribution in [0.3, 0.4) is 0 Å². The average molecular weight is 270 g/mol. The molecular formula is C11H14N2O4S. The van der Waals surface area contributed by atoms with Crippen molar-refractivity contribution in [2.45, 2.75) is 18.4 Å². The summed E-state index contributed by atoms with van der Waals surface area (Å²) in [5.41, 5.74) is -0.0529. The number of rotatable bonds is 6. The second-order valence-corrected chi connectivity index (χ2v) is 5.16. The Morgan fingerprint density at radius 3 is 2.72 bits per heavy atom. The fraction of sp³-hybridized carbons (Fsp3) is 0.273. The van der Waals surface area contributed by atoms with Crippen LogP contribution in [0, 0.1) is 0 Å². The molecule has 0 bridgehead atoms. The Labute approximate surface area is 105 Å². The van der Waals surface area contributed by atoms with Gasteiger partial charge in [0.05, 0.1) is 5.56 Å². The van der Waals surface area contributed by atoms with Gasteiger partial charge in [0.2, 0.25) is 0 Å². The van der Waals surface area contributed by atoms with E-state index in [0.717, 1.165) is 6.20 Å². The van der Waals surface area contributed by atoms with Gasteiger partial charge in [0.1, 0.15) is 0 Å². The monoisotopic (exact) mass is 270 g/mol. The number of carboxylic acid groups (broad SMARTS) is 1. The van der Waals surface area contributed by atoms with Crippen LogP contribution in [0.4, 0.5) is 0 Å². The fourth-order valence-electron chi connectivity index (χ4n) is 1.18. The van der Waals surface area contributed by atoms with E-state index in [1.807, 2.05) is 19.1 Å². The molecule has 6 nitrogen and oxygen atoms in total. The van der Waals surface area contributed by atoms with E-state index in [1.165, 1.54) is 12.1 Å². The summed E-state index contributed by atoms with van der Waals surface area (Å²) >= 11 is 0. The number of hydrogen-bond acceptors (Lipinski definition) is 4. The zero-order valence-electron chi connectivity index (χ0n) is 9.83. The molecule has 0 unspecified atom stereocenters. The summed E-state index contributed by atoms with van der Waals surface area (Å²) in [6.07, 6.45) is 5.27. The van der Waals surface area contributed by atoms with Crippen LogP contribution in [-0.4, -0.2) is 31.0 Å². The number of carbonyl (C=O) groups is 1. The smallest absolute Gasteiger partial charge is 0.337 e. The van der Waals surface area contributed by atoms with Crippen molar-refractivity contribution >= 4 is 16.0 Å². The maximum atomic E-state index is 11.7. The van der Waals surface area contributed by atoms with Gasteiger partial charge in [0.25, 0.3) is 10.0 Å². The van der Waals surface area contributed by atoms with Gasteiger partial charge in [0.15, 0.2) is 5.03 Å². The standard InChI is InChI=1S/C11H14N2O4S/c1-2-3-4-7-13-18(16,17)10-6-5-9(8-12-10)11(14)15/h2-3,5-6,8,13H,4,7H2,1H3,(H,14,15)/b3-2+. The lowest BCUT2D eigenvalue weighted by molar-refractivity contribution is 0.0696. The molecule has 0 aromatic carbocycles. The third-order valence-corrected chi connectivity index (χ3v) is 3.47. The normalized spacial score (nSPS) is 11.8. The summed E-state index contributed by atoms with van der Waals surface area (Å²) in [6, 6.07) is 2.37. The van der Waals surface area contributed by atoms with Gasteiger partial charge in [-0.3, -0.25) is 0 Å². The molecule has 0 amide bonds. The first-order chi connectivity index (χ1) is 8.47. The van der Waals surface area contributed by atoms with Gasteiger partial charge < -0.3 is 5.11 Å². The minimum absolute atomic E-state index is 0.0529. The molecule has 0 spiro atoms. The van der Waals surface area contributed by atoms with Gasteiger partial charge in [-0.15, -0.1) is 0 Å². The average Bonchev–Trinajstić information content (AvgIpc) is 2.35.